The molecule has 34 heavy (non-hydrogen) atoms. The summed E-state index contributed by atoms with van der Waals surface area (Å²) in [7, 11) is 0. The maximum Gasteiger partial charge on any atom is 0.271 e. The van der Waals surface area contributed by atoms with Crippen LogP contribution in [0, 0.1) is 30.8 Å². The van der Waals surface area contributed by atoms with Crippen molar-refractivity contribution in [2.75, 3.05) is 11.9 Å². The molecule has 7 nitrogen and oxygen atoms in total. The van der Waals surface area contributed by atoms with Crippen molar-refractivity contribution >= 4 is 45.9 Å². The van der Waals surface area contributed by atoms with Gasteiger partial charge in [-0.1, -0.05) is 18.2 Å². The van der Waals surface area contributed by atoms with Gasteiger partial charge in [-0.2, -0.15) is 5.26 Å². The van der Waals surface area contributed by atoms with E-state index in [-0.39, 0.29) is 22.8 Å². The third-order valence-corrected chi connectivity index (χ3v) is 5.70. The molecule has 0 aliphatic heterocycles. The van der Waals surface area contributed by atoms with Gasteiger partial charge < -0.3 is 10.1 Å². The number of nitro groups is 1. The summed E-state index contributed by atoms with van der Waals surface area (Å²) in [6.07, 6.45) is 1.87. The number of benzene rings is 3. The fourth-order valence-corrected chi connectivity index (χ4v) is 4.05. The van der Waals surface area contributed by atoms with Crippen molar-refractivity contribution in [1.82, 2.24) is 0 Å². The molecule has 172 valence electrons. The quantitative estimate of drug-likeness (QED) is 0.120. The molecule has 3 rings (SSSR count). The second-order valence-corrected chi connectivity index (χ2v) is 8.31. The molecule has 0 aliphatic rings. The van der Waals surface area contributed by atoms with Crippen molar-refractivity contribution < 1.29 is 18.8 Å². The number of anilines is 1. The van der Waals surface area contributed by atoms with Crippen LogP contribution in [0.25, 0.3) is 6.08 Å². The standard InChI is InChI=1S/C25H19FIN3O4/c1-2-34-24-13-17(12-23(27)22(24)11-16-5-3-6-19(26)10-16)9-18(15-28)25(31)29-20-7-4-8-21(14-20)30(32)33/h3-10,12-14H,2,11H2,1H3,(H,29,31)/b18-9+. The van der Waals surface area contributed by atoms with Crippen LogP contribution in [0.4, 0.5) is 15.8 Å². The first-order chi connectivity index (χ1) is 16.3. The van der Waals surface area contributed by atoms with E-state index in [1.165, 1.54) is 42.5 Å². The van der Waals surface area contributed by atoms with Gasteiger partial charge >= 0.3 is 0 Å². The summed E-state index contributed by atoms with van der Waals surface area (Å²) in [6.45, 7) is 2.24. The highest BCUT2D eigenvalue weighted by atomic mass is 127. The van der Waals surface area contributed by atoms with E-state index in [9.17, 15) is 24.6 Å². The highest BCUT2D eigenvalue weighted by molar-refractivity contribution is 14.1. The first-order valence-corrected chi connectivity index (χ1v) is 11.3. The van der Waals surface area contributed by atoms with Crippen molar-refractivity contribution in [3.63, 3.8) is 0 Å². The minimum absolute atomic E-state index is 0.176. The summed E-state index contributed by atoms with van der Waals surface area (Å²) < 4.78 is 20.2. The second-order valence-electron chi connectivity index (χ2n) is 7.15. The smallest absolute Gasteiger partial charge is 0.271 e. The molecule has 0 aliphatic carbocycles. The summed E-state index contributed by atoms with van der Waals surface area (Å²) in [5.41, 5.74) is 2.07. The van der Waals surface area contributed by atoms with Crippen molar-refractivity contribution in [1.29, 1.82) is 5.26 Å². The van der Waals surface area contributed by atoms with Gasteiger partial charge in [0.15, 0.2) is 0 Å². The van der Waals surface area contributed by atoms with Crippen LogP contribution in [0.15, 0.2) is 66.2 Å². The molecule has 0 spiro atoms. The predicted molar refractivity (Wildman–Crippen MR) is 135 cm³/mol. The number of carbonyl (C=O) groups is 1. The predicted octanol–water partition coefficient (Wildman–Crippen LogP) is 5.87. The first kappa shape index (κ1) is 24.9. The molecule has 3 aromatic rings. The molecule has 3 aromatic carbocycles. The Kier molecular flexibility index (Phi) is 8.32. The normalized spacial score (nSPS) is 10.9. The van der Waals surface area contributed by atoms with Crippen LogP contribution in [0.5, 0.6) is 5.75 Å². The van der Waals surface area contributed by atoms with E-state index in [1.807, 2.05) is 19.1 Å². The summed E-state index contributed by atoms with van der Waals surface area (Å²) >= 11 is 2.14. The van der Waals surface area contributed by atoms with Crippen LogP contribution in [0.2, 0.25) is 0 Å². The third kappa shape index (κ3) is 6.39. The van der Waals surface area contributed by atoms with Crippen molar-refractivity contribution in [2.24, 2.45) is 0 Å². The first-order valence-electron chi connectivity index (χ1n) is 10.2. The fourth-order valence-electron chi connectivity index (χ4n) is 3.23. The van der Waals surface area contributed by atoms with Gasteiger partial charge in [-0.15, -0.1) is 0 Å². The molecule has 1 amide bonds. The van der Waals surface area contributed by atoms with Crippen molar-refractivity contribution in [3.05, 3.63) is 102 Å². The van der Waals surface area contributed by atoms with Crippen LogP contribution in [-0.4, -0.2) is 17.4 Å². The fraction of sp³-hybridized carbons (Fsp3) is 0.120. The number of nitro benzene ring substituents is 1. The SMILES string of the molecule is CCOc1cc(/C=C(\C#N)C(=O)Nc2cccc([N+](=O)[O-])c2)cc(I)c1Cc1cccc(F)c1. The number of nitriles is 1. The molecule has 9 heteroatoms. The van der Waals surface area contributed by atoms with Gasteiger partial charge in [0, 0.05) is 33.4 Å². The molecule has 0 fully saturated rings. The number of rotatable bonds is 8. The Labute approximate surface area is 209 Å². The van der Waals surface area contributed by atoms with Gasteiger partial charge in [-0.05, 0) is 77.0 Å². The number of nitrogens with one attached hydrogen (secondary N) is 1. The Morgan fingerprint density at radius 3 is 2.68 bits per heavy atom. The molecule has 0 saturated carbocycles. The summed E-state index contributed by atoms with van der Waals surface area (Å²) in [5, 5.41) is 23.0. The number of hydrogen-bond donors (Lipinski definition) is 1. The van der Waals surface area contributed by atoms with E-state index in [0.29, 0.717) is 24.3 Å². The Hall–Kier alpha value is -3.78. The molecule has 0 radical (unpaired) electrons. The van der Waals surface area contributed by atoms with Gasteiger partial charge in [0.1, 0.15) is 23.2 Å². The minimum atomic E-state index is -0.695. The lowest BCUT2D eigenvalue weighted by Crippen LogP contribution is -2.13. The lowest BCUT2D eigenvalue weighted by Gasteiger charge is -2.14. The maximum atomic E-state index is 13.6. The van der Waals surface area contributed by atoms with Crippen LogP contribution >= 0.6 is 22.6 Å². The third-order valence-electron chi connectivity index (χ3n) is 4.74. The molecular formula is C25H19FIN3O4. The number of ether oxygens (including phenoxy) is 1. The maximum absolute atomic E-state index is 13.6. The number of nitrogens with zero attached hydrogens (tertiary/aromatic N) is 2. The Morgan fingerprint density at radius 1 is 1.24 bits per heavy atom. The highest BCUT2D eigenvalue weighted by Gasteiger charge is 2.15. The molecule has 0 aromatic heterocycles. The number of non-ortho nitro benzene ring substituents is 1. The van der Waals surface area contributed by atoms with Crippen LogP contribution in [-0.2, 0) is 11.2 Å². The summed E-state index contributed by atoms with van der Waals surface area (Å²) in [4.78, 5) is 23.0. The van der Waals surface area contributed by atoms with Gasteiger partial charge in [0.05, 0.1) is 11.5 Å². The average Bonchev–Trinajstić information content (AvgIpc) is 2.80. The zero-order valence-electron chi connectivity index (χ0n) is 18.0. The van der Waals surface area contributed by atoms with Gasteiger partial charge in [0.2, 0.25) is 0 Å². The van der Waals surface area contributed by atoms with E-state index in [2.05, 4.69) is 27.9 Å². The highest BCUT2D eigenvalue weighted by Crippen LogP contribution is 2.30. The largest absolute Gasteiger partial charge is 0.494 e. The van der Waals surface area contributed by atoms with Crippen LogP contribution in [0.1, 0.15) is 23.6 Å². The Balaban J connectivity index is 1.90. The zero-order chi connectivity index (χ0) is 24.7. The van der Waals surface area contributed by atoms with Crippen LogP contribution in [0.3, 0.4) is 0 Å². The van der Waals surface area contributed by atoms with E-state index < -0.39 is 10.8 Å². The van der Waals surface area contributed by atoms with E-state index in [1.54, 1.807) is 18.2 Å². The van der Waals surface area contributed by atoms with Gasteiger partial charge in [-0.3, -0.25) is 14.9 Å². The van der Waals surface area contributed by atoms with Crippen LogP contribution < -0.4 is 10.1 Å². The summed E-state index contributed by atoms with van der Waals surface area (Å²) in [6, 6.07) is 17.2. The lowest BCUT2D eigenvalue weighted by molar-refractivity contribution is -0.384. The molecule has 0 heterocycles. The number of amides is 1. The van der Waals surface area contributed by atoms with E-state index >= 15 is 0 Å². The molecule has 1 N–H and O–H groups in total. The Bertz CT molecular complexity index is 1320. The molecule has 0 unspecified atom stereocenters. The number of hydrogen-bond acceptors (Lipinski definition) is 5. The average molecular weight is 571 g/mol. The van der Waals surface area contributed by atoms with Crippen molar-refractivity contribution in [2.45, 2.75) is 13.3 Å². The van der Waals surface area contributed by atoms with E-state index in [0.717, 1.165) is 14.7 Å². The monoisotopic (exact) mass is 571 g/mol. The second kappa shape index (κ2) is 11.4. The van der Waals surface area contributed by atoms with Crippen molar-refractivity contribution in [3.8, 4) is 11.8 Å². The summed E-state index contributed by atoms with van der Waals surface area (Å²) in [5.74, 6) is -0.445. The Morgan fingerprint density at radius 2 is 2.00 bits per heavy atom. The number of halogens is 2. The lowest BCUT2D eigenvalue weighted by atomic mass is 10.0. The molecular weight excluding hydrogens is 552 g/mol. The van der Waals surface area contributed by atoms with Gasteiger partial charge in [-0.25, -0.2) is 4.39 Å². The van der Waals surface area contributed by atoms with E-state index in [4.69, 9.17) is 4.74 Å². The minimum Gasteiger partial charge on any atom is -0.494 e. The van der Waals surface area contributed by atoms with Gasteiger partial charge in [0.25, 0.3) is 11.6 Å². The molecule has 0 saturated heterocycles. The number of carbonyl (C=O) groups excluding carboxylic acids is 1. The molecule has 0 bridgehead atoms. The molecule has 0 atom stereocenters. The zero-order valence-corrected chi connectivity index (χ0v) is 20.2. The topological polar surface area (TPSA) is 105 Å².